The number of rotatable bonds is 6. The molecule has 1 aliphatic carbocycles. The number of sulfonamides is 1. The molecule has 1 fully saturated rings. The summed E-state index contributed by atoms with van der Waals surface area (Å²) in [4.78, 5) is 23.0. The van der Waals surface area contributed by atoms with Crippen LogP contribution in [-0.2, 0) is 26.2 Å². The summed E-state index contributed by atoms with van der Waals surface area (Å²) in [6.07, 6.45) is 0.711. The van der Waals surface area contributed by atoms with Crippen LogP contribution in [0, 0.1) is 5.41 Å². The Morgan fingerprint density at radius 1 is 1.23 bits per heavy atom. The number of carbonyl (C=O) groups excluding carboxylic acids is 1. The van der Waals surface area contributed by atoms with Crippen LogP contribution in [0.15, 0.2) is 29.2 Å². The van der Waals surface area contributed by atoms with Gasteiger partial charge in [0.1, 0.15) is 5.41 Å². The van der Waals surface area contributed by atoms with E-state index < -0.39 is 27.3 Å². The van der Waals surface area contributed by atoms with Crippen LogP contribution in [0.5, 0.6) is 0 Å². The number of benzene rings is 1. The molecule has 0 saturated heterocycles. The zero-order valence-electron chi connectivity index (χ0n) is 12.4. The minimum atomic E-state index is -3.48. The first kappa shape index (κ1) is 16.4. The maximum absolute atomic E-state index is 11.9. The van der Waals surface area contributed by atoms with Crippen LogP contribution in [0.2, 0.25) is 0 Å². The summed E-state index contributed by atoms with van der Waals surface area (Å²) in [6, 6.07) is 6.11. The SMILES string of the molecule is CN(C)S(=O)(=O)c1ccc(CNC(=O)C2(C(=O)O)CC2)cc1. The Balaban J connectivity index is 2.01. The van der Waals surface area contributed by atoms with E-state index in [4.69, 9.17) is 5.11 Å². The van der Waals surface area contributed by atoms with Crippen molar-refractivity contribution in [1.29, 1.82) is 0 Å². The molecule has 1 saturated carbocycles. The molecule has 1 aliphatic rings. The Bertz CT molecular complexity index is 690. The van der Waals surface area contributed by atoms with Crippen LogP contribution >= 0.6 is 0 Å². The lowest BCUT2D eigenvalue weighted by molar-refractivity contribution is -0.149. The van der Waals surface area contributed by atoms with Crippen molar-refractivity contribution in [3.63, 3.8) is 0 Å². The van der Waals surface area contributed by atoms with Gasteiger partial charge in [-0.1, -0.05) is 12.1 Å². The molecule has 0 atom stereocenters. The molecule has 2 rings (SSSR count). The highest BCUT2D eigenvalue weighted by Crippen LogP contribution is 2.46. The molecule has 22 heavy (non-hydrogen) atoms. The normalized spacial score (nSPS) is 16.3. The molecular formula is C14H18N2O5S. The summed E-state index contributed by atoms with van der Waals surface area (Å²) < 4.78 is 24.9. The maximum Gasteiger partial charge on any atom is 0.319 e. The molecule has 1 aromatic rings. The molecule has 0 bridgehead atoms. The monoisotopic (exact) mass is 326 g/mol. The van der Waals surface area contributed by atoms with Crippen molar-refractivity contribution in [3.05, 3.63) is 29.8 Å². The van der Waals surface area contributed by atoms with E-state index in [1.54, 1.807) is 12.1 Å². The van der Waals surface area contributed by atoms with E-state index in [0.717, 1.165) is 4.31 Å². The standard InChI is InChI=1S/C14H18N2O5S/c1-16(2)22(20,21)11-5-3-10(4-6-11)9-15-12(17)14(7-8-14)13(18)19/h3-6H,7-9H2,1-2H3,(H,15,17)(H,18,19). The second-order valence-corrected chi connectivity index (χ2v) is 7.65. The molecule has 7 nitrogen and oxygen atoms in total. The molecule has 8 heteroatoms. The summed E-state index contributed by atoms with van der Waals surface area (Å²) in [5.74, 6) is -1.59. The van der Waals surface area contributed by atoms with Gasteiger partial charge in [-0.15, -0.1) is 0 Å². The van der Waals surface area contributed by atoms with Gasteiger partial charge in [0.25, 0.3) is 0 Å². The first-order chi connectivity index (χ1) is 10.2. The number of carboxylic acid groups (broad SMARTS) is 1. The molecule has 1 amide bonds. The third kappa shape index (κ3) is 2.97. The van der Waals surface area contributed by atoms with E-state index in [9.17, 15) is 18.0 Å². The average molecular weight is 326 g/mol. The summed E-state index contributed by atoms with van der Waals surface area (Å²) in [6.45, 7) is 0.163. The summed E-state index contributed by atoms with van der Waals surface area (Å²) >= 11 is 0. The Morgan fingerprint density at radius 3 is 2.18 bits per heavy atom. The van der Waals surface area contributed by atoms with Crippen molar-refractivity contribution in [2.75, 3.05) is 14.1 Å². The van der Waals surface area contributed by atoms with E-state index in [-0.39, 0.29) is 11.4 Å². The number of nitrogens with one attached hydrogen (secondary N) is 1. The van der Waals surface area contributed by atoms with Crippen LogP contribution in [-0.4, -0.2) is 43.8 Å². The number of carbonyl (C=O) groups is 2. The second-order valence-electron chi connectivity index (χ2n) is 5.50. The van der Waals surface area contributed by atoms with Gasteiger partial charge in [0.05, 0.1) is 4.90 Å². The van der Waals surface area contributed by atoms with Crippen molar-refractivity contribution in [2.24, 2.45) is 5.41 Å². The van der Waals surface area contributed by atoms with Gasteiger partial charge in [0.2, 0.25) is 15.9 Å². The molecule has 0 aliphatic heterocycles. The lowest BCUT2D eigenvalue weighted by Crippen LogP contribution is -2.36. The zero-order valence-corrected chi connectivity index (χ0v) is 13.2. The third-order valence-corrected chi connectivity index (χ3v) is 5.58. The van der Waals surface area contributed by atoms with Crippen LogP contribution in [0.1, 0.15) is 18.4 Å². The highest BCUT2D eigenvalue weighted by Gasteiger charge is 2.56. The van der Waals surface area contributed by atoms with Crippen LogP contribution in [0.3, 0.4) is 0 Å². The topological polar surface area (TPSA) is 104 Å². The van der Waals surface area contributed by atoms with Crippen molar-refractivity contribution >= 4 is 21.9 Å². The average Bonchev–Trinajstić information content (AvgIpc) is 3.26. The molecule has 1 aromatic carbocycles. The molecule has 0 aromatic heterocycles. The largest absolute Gasteiger partial charge is 0.480 e. The fraction of sp³-hybridized carbons (Fsp3) is 0.429. The van der Waals surface area contributed by atoms with E-state index in [1.165, 1.54) is 26.2 Å². The quantitative estimate of drug-likeness (QED) is 0.737. The molecule has 0 heterocycles. The van der Waals surface area contributed by atoms with E-state index in [0.29, 0.717) is 18.4 Å². The van der Waals surface area contributed by atoms with E-state index >= 15 is 0 Å². The number of hydrogen-bond acceptors (Lipinski definition) is 4. The lowest BCUT2D eigenvalue weighted by atomic mass is 10.1. The maximum atomic E-state index is 11.9. The van der Waals surface area contributed by atoms with Gasteiger partial charge in [-0.3, -0.25) is 9.59 Å². The molecule has 2 N–H and O–H groups in total. The predicted octanol–water partition coefficient (Wildman–Crippen LogP) is 0.418. The Kier molecular flexibility index (Phi) is 4.25. The van der Waals surface area contributed by atoms with Gasteiger partial charge >= 0.3 is 5.97 Å². The fourth-order valence-electron chi connectivity index (χ4n) is 2.00. The summed E-state index contributed by atoms with van der Waals surface area (Å²) in [7, 11) is -0.583. The Hall–Kier alpha value is -1.93. The molecule has 120 valence electrons. The summed E-state index contributed by atoms with van der Waals surface area (Å²) in [5.41, 5.74) is -0.568. The van der Waals surface area contributed by atoms with Crippen LogP contribution in [0.4, 0.5) is 0 Å². The van der Waals surface area contributed by atoms with Gasteiger partial charge in [0, 0.05) is 20.6 Å². The molecule has 0 radical (unpaired) electrons. The van der Waals surface area contributed by atoms with Crippen molar-refractivity contribution < 1.29 is 23.1 Å². The second kappa shape index (κ2) is 5.69. The van der Waals surface area contributed by atoms with Crippen molar-refractivity contribution in [3.8, 4) is 0 Å². The highest BCUT2D eigenvalue weighted by molar-refractivity contribution is 7.89. The number of hydrogen-bond donors (Lipinski definition) is 2. The van der Waals surface area contributed by atoms with Crippen LogP contribution in [0.25, 0.3) is 0 Å². The number of aliphatic carboxylic acids is 1. The number of amides is 1. The molecular weight excluding hydrogens is 308 g/mol. The third-order valence-electron chi connectivity index (χ3n) is 3.75. The predicted molar refractivity (Wildman–Crippen MR) is 78.5 cm³/mol. The molecule has 0 unspecified atom stereocenters. The van der Waals surface area contributed by atoms with E-state index in [1.807, 2.05) is 0 Å². The van der Waals surface area contributed by atoms with Crippen molar-refractivity contribution in [2.45, 2.75) is 24.3 Å². The number of carboxylic acids is 1. The first-order valence-electron chi connectivity index (χ1n) is 6.73. The number of nitrogens with zero attached hydrogens (tertiary/aromatic N) is 1. The smallest absolute Gasteiger partial charge is 0.319 e. The lowest BCUT2D eigenvalue weighted by Gasteiger charge is -2.13. The molecule has 0 spiro atoms. The minimum Gasteiger partial charge on any atom is -0.480 e. The van der Waals surface area contributed by atoms with Crippen LogP contribution < -0.4 is 5.32 Å². The fourth-order valence-corrected chi connectivity index (χ4v) is 2.91. The van der Waals surface area contributed by atoms with Gasteiger partial charge in [-0.25, -0.2) is 12.7 Å². The minimum absolute atomic E-state index is 0.163. The van der Waals surface area contributed by atoms with E-state index in [2.05, 4.69) is 5.32 Å². The summed E-state index contributed by atoms with van der Waals surface area (Å²) in [5, 5.41) is 11.6. The van der Waals surface area contributed by atoms with Gasteiger partial charge in [-0.05, 0) is 30.5 Å². The van der Waals surface area contributed by atoms with Gasteiger partial charge in [0.15, 0.2) is 0 Å². The first-order valence-corrected chi connectivity index (χ1v) is 8.17. The van der Waals surface area contributed by atoms with Gasteiger partial charge in [-0.2, -0.15) is 0 Å². The van der Waals surface area contributed by atoms with Gasteiger partial charge < -0.3 is 10.4 Å². The Morgan fingerprint density at radius 2 is 1.77 bits per heavy atom. The Labute approximate surface area is 129 Å². The van der Waals surface area contributed by atoms with Crippen molar-refractivity contribution in [1.82, 2.24) is 9.62 Å². The highest BCUT2D eigenvalue weighted by atomic mass is 32.2. The zero-order chi connectivity index (χ0) is 16.5.